The highest BCUT2D eigenvalue weighted by Gasteiger charge is 2.21. The molecule has 0 aromatic heterocycles. The number of fused-ring (bicyclic) bond motifs is 1. The van der Waals surface area contributed by atoms with Crippen LogP contribution in [0.15, 0.2) is 65.6 Å². The van der Waals surface area contributed by atoms with Crippen LogP contribution in [0.3, 0.4) is 0 Å². The molecule has 1 aliphatic heterocycles. The molecule has 0 radical (unpaired) electrons. The second kappa shape index (κ2) is 10.6. The first-order chi connectivity index (χ1) is 16.9. The predicted molar refractivity (Wildman–Crippen MR) is 129 cm³/mol. The number of benzene rings is 3. The average molecular weight is 500 g/mol. The summed E-state index contributed by atoms with van der Waals surface area (Å²) in [5.41, 5.74) is 0.441. The minimum Gasteiger partial charge on any atom is -0.497 e. The first kappa shape index (κ1) is 24.2. The van der Waals surface area contributed by atoms with E-state index in [0.29, 0.717) is 53.4 Å². The largest absolute Gasteiger partial charge is 0.497 e. The summed E-state index contributed by atoms with van der Waals surface area (Å²) in [6, 6.07) is 16.3. The van der Waals surface area contributed by atoms with Crippen molar-refractivity contribution in [3.05, 3.63) is 60.7 Å². The van der Waals surface area contributed by atoms with Crippen LogP contribution in [0.1, 0.15) is 6.42 Å². The lowest BCUT2D eigenvalue weighted by atomic mass is 10.2. The van der Waals surface area contributed by atoms with Crippen LogP contribution in [0.25, 0.3) is 0 Å². The van der Waals surface area contributed by atoms with Gasteiger partial charge in [-0.25, -0.2) is 8.42 Å². The van der Waals surface area contributed by atoms with Crippen LogP contribution in [-0.2, 0) is 14.6 Å². The van der Waals surface area contributed by atoms with Gasteiger partial charge < -0.3 is 29.0 Å². The molecule has 10 heteroatoms. The lowest BCUT2D eigenvalue weighted by molar-refractivity contribution is -0.115. The fraction of sp³-hybridized carbons (Fsp3) is 0.240. The van der Waals surface area contributed by atoms with Gasteiger partial charge in [0.05, 0.1) is 24.9 Å². The Kier molecular flexibility index (Phi) is 7.31. The van der Waals surface area contributed by atoms with E-state index in [0.717, 1.165) is 0 Å². The zero-order valence-corrected chi connectivity index (χ0v) is 20.1. The minimum absolute atomic E-state index is 0.0779. The summed E-state index contributed by atoms with van der Waals surface area (Å²) in [6.45, 7) is 0.766. The van der Waals surface area contributed by atoms with Crippen molar-refractivity contribution in [3.63, 3.8) is 0 Å². The number of nitrogens with one attached hydrogen (secondary N) is 1. The van der Waals surface area contributed by atoms with Crippen molar-refractivity contribution in [2.45, 2.75) is 11.3 Å². The molecule has 3 aromatic carbocycles. The van der Waals surface area contributed by atoms with Gasteiger partial charge in [-0.05, 0) is 48.5 Å². The maximum absolute atomic E-state index is 12.7. The van der Waals surface area contributed by atoms with Gasteiger partial charge in [0.15, 0.2) is 32.8 Å². The SMILES string of the molecule is COc1ccc(Oc2cc(NC(=O)CCS(=O)(=O)c3ccc4c(c3)OCCO4)ccc2OC)cc1. The van der Waals surface area contributed by atoms with Crippen molar-refractivity contribution in [3.8, 4) is 34.5 Å². The number of anilines is 1. The van der Waals surface area contributed by atoms with Crippen molar-refractivity contribution in [1.29, 1.82) is 0 Å². The van der Waals surface area contributed by atoms with Crippen molar-refractivity contribution in [2.24, 2.45) is 0 Å². The Morgan fingerprint density at radius 3 is 2.29 bits per heavy atom. The molecule has 0 saturated heterocycles. The lowest BCUT2D eigenvalue weighted by Crippen LogP contribution is -2.18. The molecule has 9 nitrogen and oxygen atoms in total. The van der Waals surface area contributed by atoms with Gasteiger partial charge in [-0.15, -0.1) is 0 Å². The number of amides is 1. The average Bonchev–Trinajstić information content (AvgIpc) is 2.88. The Labute approximate surface area is 203 Å². The fourth-order valence-electron chi connectivity index (χ4n) is 3.39. The second-order valence-corrected chi connectivity index (χ2v) is 9.67. The quantitative estimate of drug-likeness (QED) is 0.469. The highest BCUT2D eigenvalue weighted by atomic mass is 32.2. The first-order valence-electron chi connectivity index (χ1n) is 10.8. The van der Waals surface area contributed by atoms with Crippen molar-refractivity contribution < 1.29 is 36.9 Å². The standard InChI is InChI=1S/C25H25NO8S/c1-30-18-4-6-19(7-5-18)34-24-15-17(3-9-21(24)31-2)26-25(27)11-14-35(28,29)20-8-10-22-23(16-20)33-13-12-32-22/h3-10,15-16H,11-14H2,1-2H3,(H,26,27). The Balaban J connectivity index is 1.40. The summed E-state index contributed by atoms with van der Waals surface area (Å²) in [4.78, 5) is 12.6. The summed E-state index contributed by atoms with van der Waals surface area (Å²) >= 11 is 0. The number of sulfone groups is 1. The van der Waals surface area contributed by atoms with Gasteiger partial charge in [0.1, 0.15) is 24.7 Å². The summed E-state index contributed by atoms with van der Waals surface area (Å²) in [5.74, 6) is 2.18. The van der Waals surface area contributed by atoms with Crippen LogP contribution in [0.4, 0.5) is 5.69 Å². The van der Waals surface area contributed by atoms with E-state index in [1.165, 1.54) is 19.2 Å². The van der Waals surface area contributed by atoms with Crippen molar-refractivity contribution in [2.75, 3.05) is 38.5 Å². The van der Waals surface area contributed by atoms with E-state index in [9.17, 15) is 13.2 Å². The van der Waals surface area contributed by atoms with Gasteiger partial charge in [-0.3, -0.25) is 4.79 Å². The Morgan fingerprint density at radius 2 is 1.57 bits per heavy atom. The third-order valence-electron chi connectivity index (χ3n) is 5.21. The highest BCUT2D eigenvalue weighted by molar-refractivity contribution is 7.91. The van der Waals surface area contributed by atoms with Crippen molar-refractivity contribution >= 4 is 21.4 Å². The molecule has 1 N–H and O–H groups in total. The molecule has 0 aliphatic carbocycles. The second-order valence-electron chi connectivity index (χ2n) is 7.57. The third-order valence-corrected chi connectivity index (χ3v) is 6.92. The molecule has 0 saturated carbocycles. The topological polar surface area (TPSA) is 109 Å². The van der Waals surface area contributed by atoms with Gasteiger partial charge in [0, 0.05) is 24.2 Å². The van der Waals surface area contributed by atoms with E-state index in [-0.39, 0.29) is 17.1 Å². The number of ether oxygens (including phenoxy) is 5. The number of carbonyl (C=O) groups is 1. The minimum atomic E-state index is -3.70. The van der Waals surface area contributed by atoms with E-state index in [2.05, 4.69) is 5.32 Å². The van der Waals surface area contributed by atoms with E-state index in [4.69, 9.17) is 23.7 Å². The number of rotatable bonds is 9. The number of carbonyl (C=O) groups excluding carboxylic acids is 1. The highest BCUT2D eigenvalue weighted by Crippen LogP contribution is 2.35. The van der Waals surface area contributed by atoms with Gasteiger partial charge in [0.2, 0.25) is 5.91 Å². The molecule has 0 fully saturated rings. The Hall–Kier alpha value is -3.92. The monoisotopic (exact) mass is 499 g/mol. The lowest BCUT2D eigenvalue weighted by Gasteiger charge is -2.18. The summed E-state index contributed by atoms with van der Waals surface area (Å²) < 4.78 is 52.7. The van der Waals surface area contributed by atoms with Gasteiger partial charge in [-0.2, -0.15) is 0 Å². The first-order valence-corrected chi connectivity index (χ1v) is 12.5. The molecule has 0 spiro atoms. The van der Waals surface area contributed by atoms with Crippen LogP contribution in [0.2, 0.25) is 0 Å². The maximum atomic E-state index is 12.7. The van der Waals surface area contributed by atoms with Crippen LogP contribution in [-0.4, -0.2) is 47.5 Å². The molecule has 4 rings (SSSR count). The number of methoxy groups -OCH3 is 2. The predicted octanol–water partition coefficient (Wildman–Crippen LogP) is 4.07. The molecule has 0 bridgehead atoms. The third kappa shape index (κ3) is 5.96. The molecule has 0 unspecified atom stereocenters. The molecular weight excluding hydrogens is 474 g/mol. The molecule has 1 aliphatic rings. The zero-order valence-electron chi connectivity index (χ0n) is 19.3. The van der Waals surface area contributed by atoms with Crippen LogP contribution in [0, 0.1) is 0 Å². The summed E-state index contributed by atoms with van der Waals surface area (Å²) in [6.07, 6.45) is -0.225. The molecule has 3 aromatic rings. The van der Waals surface area contributed by atoms with Crippen LogP contribution in [0.5, 0.6) is 34.5 Å². The molecule has 0 atom stereocenters. The summed E-state index contributed by atoms with van der Waals surface area (Å²) in [7, 11) is -0.611. The number of hydrogen-bond acceptors (Lipinski definition) is 8. The smallest absolute Gasteiger partial charge is 0.225 e. The zero-order chi connectivity index (χ0) is 24.8. The van der Waals surface area contributed by atoms with Gasteiger partial charge >= 0.3 is 0 Å². The van der Waals surface area contributed by atoms with E-state index >= 15 is 0 Å². The normalized spacial score (nSPS) is 12.5. The maximum Gasteiger partial charge on any atom is 0.225 e. The fourth-order valence-corrected chi connectivity index (χ4v) is 4.64. The van der Waals surface area contributed by atoms with E-state index in [1.54, 1.807) is 55.6 Å². The molecule has 1 amide bonds. The van der Waals surface area contributed by atoms with Crippen LogP contribution < -0.4 is 29.0 Å². The molecule has 1 heterocycles. The molecule has 184 valence electrons. The van der Waals surface area contributed by atoms with Crippen molar-refractivity contribution in [1.82, 2.24) is 0 Å². The van der Waals surface area contributed by atoms with Crippen LogP contribution >= 0.6 is 0 Å². The van der Waals surface area contributed by atoms with E-state index in [1.807, 2.05) is 0 Å². The van der Waals surface area contributed by atoms with Gasteiger partial charge in [-0.1, -0.05) is 0 Å². The van der Waals surface area contributed by atoms with Gasteiger partial charge in [0.25, 0.3) is 0 Å². The number of hydrogen-bond donors (Lipinski definition) is 1. The molecule has 35 heavy (non-hydrogen) atoms. The Bertz CT molecular complexity index is 1310. The Morgan fingerprint density at radius 1 is 0.857 bits per heavy atom. The summed E-state index contributed by atoms with van der Waals surface area (Å²) in [5, 5.41) is 2.71. The molecular formula is C25H25NO8S. The van der Waals surface area contributed by atoms with E-state index < -0.39 is 15.7 Å².